The molecule has 1 nitrogen and oxygen atoms in total. The highest BCUT2D eigenvalue weighted by atomic mass is 14.7. The molecular weight excluding hydrogens is 230 g/mol. The van der Waals surface area contributed by atoms with Crippen molar-refractivity contribution in [1.82, 2.24) is 0 Å². The van der Waals surface area contributed by atoms with E-state index in [0.717, 1.165) is 5.69 Å². The van der Waals surface area contributed by atoms with E-state index in [9.17, 15) is 0 Å². The molecule has 0 saturated heterocycles. The largest absolute Gasteiger partial charge is 0.259 e. The molecule has 0 bridgehead atoms. The minimum atomic E-state index is 0.0535. The van der Waals surface area contributed by atoms with Crippen LogP contribution in [0.25, 0.3) is 6.08 Å². The highest BCUT2D eigenvalue weighted by Gasteiger charge is 2.15. The molecule has 2 rings (SSSR count). The summed E-state index contributed by atoms with van der Waals surface area (Å²) < 4.78 is 0. The molecule has 0 aliphatic carbocycles. The van der Waals surface area contributed by atoms with E-state index in [1.807, 2.05) is 6.21 Å². The van der Waals surface area contributed by atoms with Crippen LogP contribution in [0.15, 0.2) is 23.2 Å². The second-order valence-electron chi connectivity index (χ2n) is 5.87. The molecule has 1 aliphatic heterocycles. The zero-order valence-corrected chi connectivity index (χ0v) is 13.2. The Bertz CT molecular complexity index is 436. The minimum absolute atomic E-state index is 0.0535. The first-order chi connectivity index (χ1) is 8.91. The van der Waals surface area contributed by atoms with Crippen molar-refractivity contribution in [3.63, 3.8) is 0 Å². The number of benzene rings is 1. The van der Waals surface area contributed by atoms with Crippen molar-refractivity contribution >= 4 is 18.0 Å². The van der Waals surface area contributed by atoms with Crippen LogP contribution in [-0.2, 0) is 0 Å². The summed E-state index contributed by atoms with van der Waals surface area (Å²) in [4.78, 5) is 4.61. The molecule has 0 spiro atoms. The summed E-state index contributed by atoms with van der Waals surface area (Å²) in [6.45, 7) is 12.9. The molecule has 1 aromatic carbocycles. The van der Waals surface area contributed by atoms with Crippen molar-refractivity contribution in [2.45, 2.75) is 54.4 Å². The number of allylic oxidation sites excluding steroid dienone is 1. The van der Waals surface area contributed by atoms with E-state index in [1.165, 1.54) is 29.5 Å². The van der Waals surface area contributed by atoms with Crippen LogP contribution in [0.1, 0.15) is 57.2 Å². The Morgan fingerprint density at radius 3 is 2.16 bits per heavy atom. The van der Waals surface area contributed by atoms with E-state index in [0.29, 0.717) is 0 Å². The molecule has 1 aromatic rings. The maximum absolute atomic E-state index is 4.61. The number of unbranched alkanes of at least 4 members (excludes halogenated alkanes) is 1. The van der Waals surface area contributed by atoms with Crippen molar-refractivity contribution < 1.29 is 0 Å². The van der Waals surface area contributed by atoms with Crippen LogP contribution in [0.2, 0.25) is 0 Å². The van der Waals surface area contributed by atoms with Gasteiger partial charge in [-0.2, -0.15) is 0 Å². The van der Waals surface area contributed by atoms with Gasteiger partial charge in [0, 0.05) is 17.2 Å². The zero-order valence-electron chi connectivity index (χ0n) is 13.2. The fourth-order valence-corrected chi connectivity index (χ4v) is 1.77. The number of nitrogens with zero attached hydrogens (tertiary/aromatic N) is 1. The van der Waals surface area contributed by atoms with E-state index >= 15 is 0 Å². The summed E-state index contributed by atoms with van der Waals surface area (Å²) in [5.74, 6) is 0. The topological polar surface area (TPSA) is 12.4 Å². The van der Waals surface area contributed by atoms with Crippen LogP contribution in [0.4, 0.5) is 5.69 Å². The summed E-state index contributed by atoms with van der Waals surface area (Å²) >= 11 is 0. The lowest BCUT2D eigenvalue weighted by molar-refractivity contribution is 0.699. The molecule has 0 aromatic heterocycles. The van der Waals surface area contributed by atoms with E-state index in [4.69, 9.17) is 0 Å². The molecule has 19 heavy (non-hydrogen) atoms. The quantitative estimate of drug-likeness (QED) is 0.597. The number of hydrogen-bond donors (Lipinski definition) is 0. The smallest absolute Gasteiger partial charge is 0.0730 e. The SMILES string of the molecule is CCCC.Cc1ccc(C)c2c1C=CC(C)(C)C=N2. The molecule has 0 N–H and O–H groups in total. The summed E-state index contributed by atoms with van der Waals surface area (Å²) in [5, 5.41) is 0. The Balaban J connectivity index is 0.000000399. The van der Waals surface area contributed by atoms with Gasteiger partial charge in [0.1, 0.15) is 0 Å². The average molecular weight is 257 g/mol. The third-order valence-electron chi connectivity index (χ3n) is 3.34. The van der Waals surface area contributed by atoms with Crippen LogP contribution in [0.3, 0.4) is 0 Å². The van der Waals surface area contributed by atoms with Crippen LogP contribution in [0.5, 0.6) is 0 Å². The lowest BCUT2D eigenvalue weighted by atomic mass is 9.94. The summed E-state index contributed by atoms with van der Waals surface area (Å²) in [5.41, 5.74) is 4.97. The monoisotopic (exact) mass is 257 g/mol. The first-order valence-corrected chi connectivity index (χ1v) is 7.26. The molecule has 0 amide bonds. The molecule has 0 atom stereocenters. The van der Waals surface area contributed by atoms with Crippen LogP contribution in [0, 0.1) is 19.3 Å². The summed E-state index contributed by atoms with van der Waals surface area (Å²) in [6, 6.07) is 4.30. The fraction of sp³-hybridized carbons (Fsp3) is 0.500. The molecule has 1 heterocycles. The number of aliphatic imine (C=N–C) groups is 1. The van der Waals surface area contributed by atoms with E-state index in [1.54, 1.807) is 0 Å². The van der Waals surface area contributed by atoms with Crippen molar-refractivity contribution in [1.29, 1.82) is 0 Å². The normalized spacial score (nSPS) is 15.3. The Morgan fingerprint density at radius 2 is 1.58 bits per heavy atom. The lowest BCUT2D eigenvalue weighted by Gasteiger charge is -2.10. The standard InChI is InChI=1S/C14H17N.C4H10/c1-10-5-6-11(2)13-12(10)7-8-14(3,4)9-15-13;1-3-4-2/h5-9H,1-4H3;3-4H2,1-2H3. The fourth-order valence-electron chi connectivity index (χ4n) is 1.77. The van der Waals surface area contributed by atoms with E-state index < -0.39 is 0 Å². The second kappa shape index (κ2) is 6.70. The van der Waals surface area contributed by atoms with Gasteiger partial charge in [-0.25, -0.2) is 0 Å². The van der Waals surface area contributed by atoms with Gasteiger partial charge >= 0.3 is 0 Å². The maximum Gasteiger partial charge on any atom is 0.0730 e. The highest BCUT2D eigenvalue weighted by molar-refractivity contribution is 5.82. The number of hydrogen-bond acceptors (Lipinski definition) is 1. The lowest BCUT2D eigenvalue weighted by Crippen LogP contribution is -2.07. The Kier molecular flexibility index (Phi) is 5.53. The summed E-state index contributed by atoms with van der Waals surface area (Å²) in [7, 11) is 0. The van der Waals surface area contributed by atoms with Crippen molar-refractivity contribution in [3.05, 3.63) is 34.9 Å². The van der Waals surface area contributed by atoms with Crippen molar-refractivity contribution in [2.24, 2.45) is 10.4 Å². The number of fused-ring (bicyclic) bond motifs is 1. The van der Waals surface area contributed by atoms with Crippen molar-refractivity contribution in [2.75, 3.05) is 0 Å². The molecule has 0 saturated carbocycles. The summed E-state index contributed by atoms with van der Waals surface area (Å²) in [6.07, 6.45) is 9.08. The molecule has 104 valence electrons. The van der Waals surface area contributed by atoms with Crippen molar-refractivity contribution in [3.8, 4) is 0 Å². The molecule has 0 unspecified atom stereocenters. The predicted molar refractivity (Wildman–Crippen MR) is 87.5 cm³/mol. The third-order valence-corrected chi connectivity index (χ3v) is 3.34. The second-order valence-corrected chi connectivity index (χ2v) is 5.87. The van der Waals surface area contributed by atoms with Gasteiger partial charge in [0.15, 0.2) is 0 Å². The van der Waals surface area contributed by atoms with E-state index in [2.05, 4.69) is 70.8 Å². The highest BCUT2D eigenvalue weighted by Crippen LogP contribution is 2.32. The van der Waals surface area contributed by atoms with Crippen LogP contribution in [-0.4, -0.2) is 6.21 Å². The number of aryl methyl sites for hydroxylation is 2. The Morgan fingerprint density at radius 1 is 1.00 bits per heavy atom. The Hall–Kier alpha value is -1.37. The van der Waals surface area contributed by atoms with E-state index in [-0.39, 0.29) is 5.41 Å². The van der Waals surface area contributed by atoms with Crippen LogP contribution < -0.4 is 0 Å². The first-order valence-electron chi connectivity index (χ1n) is 7.26. The zero-order chi connectivity index (χ0) is 14.5. The number of rotatable bonds is 1. The molecule has 0 fully saturated rings. The average Bonchev–Trinajstić information content (AvgIpc) is 2.54. The van der Waals surface area contributed by atoms with Gasteiger partial charge in [0.05, 0.1) is 5.69 Å². The van der Waals surface area contributed by atoms with Gasteiger partial charge in [-0.3, -0.25) is 4.99 Å². The van der Waals surface area contributed by atoms with Crippen LogP contribution >= 0.6 is 0 Å². The predicted octanol–water partition coefficient (Wildman–Crippen LogP) is 5.87. The molecule has 0 radical (unpaired) electrons. The third kappa shape index (κ3) is 4.34. The Labute approximate surface area is 118 Å². The molecule has 1 aliphatic rings. The van der Waals surface area contributed by atoms with Gasteiger partial charge in [0.2, 0.25) is 0 Å². The van der Waals surface area contributed by atoms with Gasteiger partial charge in [0.25, 0.3) is 0 Å². The maximum atomic E-state index is 4.61. The van der Waals surface area contributed by atoms with Gasteiger partial charge < -0.3 is 0 Å². The molecule has 1 heteroatoms. The van der Waals surface area contributed by atoms with Gasteiger partial charge in [-0.15, -0.1) is 0 Å². The first kappa shape index (κ1) is 15.7. The minimum Gasteiger partial charge on any atom is -0.259 e. The molecular formula is C18H27N. The van der Waals surface area contributed by atoms with Gasteiger partial charge in [-0.05, 0) is 25.0 Å². The van der Waals surface area contributed by atoms with Gasteiger partial charge in [-0.1, -0.05) is 64.8 Å².